The molecule has 0 heterocycles. The summed E-state index contributed by atoms with van der Waals surface area (Å²) in [6, 6.07) is 0. The predicted octanol–water partition coefficient (Wildman–Crippen LogP) is 2.54. The van der Waals surface area contributed by atoms with E-state index in [2.05, 4.69) is 36.4 Å². The summed E-state index contributed by atoms with van der Waals surface area (Å²) in [7, 11) is 0. The molecule has 0 aromatic carbocycles. The quantitative estimate of drug-likeness (QED) is 0.234. The number of hydrogen-bond donors (Lipinski definition) is 0. The Bertz CT molecular complexity index is 904. The predicted molar refractivity (Wildman–Crippen MR) is 133 cm³/mol. The Balaban J connectivity index is 0.972. The second kappa shape index (κ2) is 7.72. The second-order valence-electron chi connectivity index (χ2n) is 13.7. The first-order valence-corrected chi connectivity index (χ1v) is 17.9. The molecular weight excluding hydrogens is 654 g/mol. The topological polar surface area (TPSA) is 52.6 Å². The van der Waals surface area contributed by atoms with Gasteiger partial charge in [-0.2, -0.15) is 0 Å². The number of alkyl halides is 3. The van der Waals surface area contributed by atoms with Gasteiger partial charge in [-0.05, 0) is 0 Å². The number of ether oxygens (including phenoxy) is 2. The van der Waals surface area contributed by atoms with Crippen LogP contribution >= 0.6 is 22.6 Å². The normalized spacial score (nSPS) is 55.3. The zero-order valence-electron chi connectivity index (χ0n) is 20.6. The van der Waals surface area contributed by atoms with Gasteiger partial charge in [0.05, 0.1) is 0 Å². The van der Waals surface area contributed by atoms with E-state index in [1.54, 1.807) is 0 Å². The molecule has 8 aliphatic carbocycles. The van der Waals surface area contributed by atoms with Crippen molar-refractivity contribution >= 4 is 34.5 Å². The molecule has 190 valence electrons. The van der Waals surface area contributed by atoms with E-state index in [-0.39, 0.29) is 44.3 Å². The molecule has 8 atom stereocenters. The fourth-order valence-electron chi connectivity index (χ4n) is 11.1. The molecule has 34 heavy (non-hydrogen) atoms. The summed E-state index contributed by atoms with van der Waals surface area (Å²) < 4.78 is 14.5. The molecular formula is C28H39I2O4-. The molecule has 0 N–H and O–H groups in total. The van der Waals surface area contributed by atoms with Gasteiger partial charge in [-0.15, -0.1) is 0 Å². The van der Waals surface area contributed by atoms with Crippen molar-refractivity contribution in [2.24, 2.45) is 46.8 Å². The number of esters is 2. The van der Waals surface area contributed by atoms with Crippen LogP contribution in [0, 0.1) is 46.8 Å². The van der Waals surface area contributed by atoms with Crippen molar-refractivity contribution in [2.45, 2.75) is 99.1 Å². The van der Waals surface area contributed by atoms with Crippen molar-refractivity contribution in [3.63, 3.8) is 0 Å². The van der Waals surface area contributed by atoms with Crippen molar-refractivity contribution in [2.75, 3.05) is 8.86 Å². The van der Waals surface area contributed by atoms with Gasteiger partial charge < -0.3 is 0 Å². The number of halogens is 2. The van der Waals surface area contributed by atoms with Crippen LogP contribution in [0.1, 0.15) is 84.5 Å². The molecule has 0 aromatic heterocycles. The summed E-state index contributed by atoms with van der Waals surface area (Å²) in [5, 5.41) is 0. The molecule has 0 amide bonds. The SMILES string of the molecule is CC1(OC(=O)CI)C2CC3CC1CC([I-]CCC(=O)OC1(C)C4CC5CC6CC1C6(C5)C4)(C3)C2. The van der Waals surface area contributed by atoms with E-state index < -0.39 is 0 Å². The first-order chi connectivity index (χ1) is 16.2. The molecule has 1 spiro atoms. The third-order valence-electron chi connectivity index (χ3n) is 12.2. The summed E-state index contributed by atoms with van der Waals surface area (Å²) in [6.07, 6.45) is 13.8. The Morgan fingerprint density at radius 3 is 2.12 bits per heavy atom. The molecule has 8 rings (SSSR count). The van der Waals surface area contributed by atoms with Gasteiger partial charge in [0.1, 0.15) is 0 Å². The van der Waals surface area contributed by atoms with Crippen LogP contribution in [0.2, 0.25) is 0 Å². The summed E-state index contributed by atoms with van der Waals surface area (Å²) in [4.78, 5) is 25.3. The molecule has 8 aliphatic rings. The number of fused-ring (bicyclic) bond motifs is 2. The Labute approximate surface area is 228 Å². The fourth-order valence-corrected chi connectivity index (χ4v) is 15.7. The first kappa shape index (κ1) is 23.5. The van der Waals surface area contributed by atoms with Crippen LogP contribution in [0.25, 0.3) is 0 Å². The molecule has 6 heteroatoms. The van der Waals surface area contributed by atoms with Crippen molar-refractivity contribution in [1.82, 2.24) is 0 Å². The van der Waals surface area contributed by atoms with Gasteiger partial charge in [-0.25, -0.2) is 0 Å². The Kier molecular flexibility index (Phi) is 5.34. The molecule has 8 unspecified atom stereocenters. The minimum atomic E-state index is -0.250. The monoisotopic (exact) mass is 693 g/mol. The van der Waals surface area contributed by atoms with Gasteiger partial charge in [0.2, 0.25) is 0 Å². The molecule has 0 radical (unpaired) electrons. The molecule has 0 saturated heterocycles. The van der Waals surface area contributed by atoms with Gasteiger partial charge in [-0.3, -0.25) is 0 Å². The Morgan fingerprint density at radius 2 is 1.41 bits per heavy atom. The van der Waals surface area contributed by atoms with Crippen LogP contribution in [-0.2, 0) is 19.1 Å². The summed E-state index contributed by atoms with van der Waals surface area (Å²) in [5.74, 6) is 5.03. The van der Waals surface area contributed by atoms with Crippen LogP contribution in [0.3, 0.4) is 0 Å². The van der Waals surface area contributed by atoms with Gasteiger partial charge in [-0.1, -0.05) is 0 Å². The van der Waals surface area contributed by atoms with Crippen LogP contribution < -0.4 is 21.2 Å². The average molecular weight is 693 g/mol. The Hall–Kier alpha value is 0.400. The van der Waals surface area contributed by atoms with Crippen LogP contribution in [0.15, 0.2) is 0 Å². The van der Waals surface area contributed by atoms with Gasteiger partial charge in [0.15, 0.2) is 0 Å². The molecule has 8 fully saturated rings. The van der Waals surface area contributed by atoms with Crippen molar-refractivity contribution in [3.05, 3.63) is 0 Å². The van der Waals surface area contributed by atoms with E-state index in [1.807, 2.05) is 0 Å². The number of hydrogen-bond acceptors (Lipinski definition) is 4. The van der Waals surface area contributed by atoms with Crippen LogP contribution in [-0.4, -0.2) is 35.4 Å². The maximum atomic E-state index is 13.1. The molecule has 7 bridgehead atoms. The molecule has 4 nitrogen and oxygen atoms in total. The van der Waals surface area contributed by atoms with Crippen molar-refractivity contribution in [3.8, 4) is 0 Å². The third kappa shape index (κ3) is 3.17. The average Bonchev–Trinajstić information content (AvgIpc) is 3.04. The zero-order chi connectivity index (χ0) is 23.5. The summed E-state index contributed by atoms with van der Waals surface area (Å²) in [6.45, 7) is 4.53. The van der Waals surface area contributed by atoms with E-state index in [9.17, 15) is 9.59 Å². The second-order valence-corrected chi connectivity index (χ2v) is 18.6. The van der Waals surface area contributed by atoms with Crippen LogP contribution in [0.4, 0.5) is 0 Å². The number of carbonyl (C=O) groups is 2. The standard InChI is InChI=1S/C28H39I2O4/c1-25(34-24(32)15-29)19-6-16-7-20(25)13-27(10-16,12-19)30-4-3-23(31)33-26(2)21-8-17-5-18-9-22(26)28(18,11-17)14-21/h16-22H,3-15H2,1-2H3/q-1. The third-order valence-corrected chi connectivity index (χ3v) is 16.9. The molecule has 0 aromatic rings. The molecule has 8 saturated carbocycles. The summed E-state index contributed by atoms with van der Waals surface area (Å²) >= 11 is 2.07. The fraction of sp³-hybridized carbons (Fsp3) is 0.929. The van der Waals surface area contributed by atoms with E-state index in [0.29, 0.717) is 43.4 Å². The van der Waals surface area contributed by atoms with Crippen molar-refractivity contribution in [1.29, 1.82) is 0 Å². The van der Waals surface area contributed by atoms with E-state index >= 15 is 0 Å². The molecule has 0 aliphatic heterocycles. The van der Waals surface area contributed by atoms with E-state index in [4.69, 9.17) is 9.47 Å². The van der Waals surface area contributed by atoms with Crippen molar-refractivity contribution < 1.29 is 40.3 Å². The maximum absolute atomic E-state index is 13.1. The Morgan fingerprint density at radius 1 is 0.794 bits per heavy atom. The van der Waals surface area contributed by atoms with Gasteiger partial charge in [0, 0.05) is 0 Å². The van der Waals surface area contributed by atoms with Gasteiger partial charge >= 0.3 is 230 Å². The van der Waals surface area contributed by atoms with E-state index in [1.165, 1.54) is 64.2 Å². The van der Waals surface area contributed by atoms with E-state index in [0.717, 1.165) is 22.2 Å². The summed E-state index contributed by atoms with van der Waals surface area (Å²) in [5.41, 5.74) is 0.133. The first-order valence-electron chi connectivity index (χ1n) is 13.8. The number of carbonyl (C=O) groups excluding carboxylic acids is 2. The number of rotatable bonds is 7. The zero-order valence-corrected chi connectivity index (χ0v) is 24.9. The minimum absolute atomic E-state index is 0.0440. The van der Waals surface area contributed by atoms with Gasteiger partial charge in [0.25, 0.3) is 0 Å². The van der Waals surface area contributed by atoms with Crippen LogP contribution in [0.5, 0.6) is 0 Å².